The summed E-state index contributed by atoms with van der Waals surface area (Å²) in [7, 11) is 0. The van der Waals surface area contributed by atoms with Crippen molar-refractivity contribution >= 4 is 24.7 Å². The van der Waals surface area contributed by atoms with E-state index in [1.54, 1.807) is 10.8 Å². The van der Waals surface area contributed by atoms with Crippen LogP contribution >= 0.6 is 12.6 Å². The van der Waals surface area contributed by atoms with Crippen LogP contribution in [0.5, 0.6) is 0 Å². The van der Waals surface area contributed by atoms with Gasteiger partial charge in [-0.1, -0.05) is 54.6 Å². The van der Waals surface area contributed by atoms with Crippen molar-refractivity contribution in [2.75, 3.05) is 18.0 Å². The van der Waals surface area contributed by atoms with Gasteiger partial charge in [0, 0.05) is 24.7 Å². The normalized spacial score (nSPS) is 18.5. The monoisotopic (exact) mass is 518 g/mol. The van der Waals surface area contributed by atoms with E-state index in [-0.39, 0.29) is 17.0 Å². The van der Waals surface area contributed by atoms with Crippen LogP contribution in [-0.2, 0) is 17.7 Å². The molecule has 1 aromatic heterocycles. The van der Waals surface area contributed by atoms with Gasteiger partial charge in [-0.15, -0.1) is 12.6 Å². The number of carbonyl (C=O) groups is 1. The van der Waals surface area contributed by atoms with Crippen LogP contribution in [0.1, 0.15) is 56.3 Å². The number of nitrogens with one attached hydrogen (secondary N) is 1. The maximum Gasteiger partial charge on any atom is 0.408 e. The fraction of sp³-hybridized carbons (Fsp3) is 0.414. The van der Waals surface area contributed by atoms with Gasteiger partial charge in [0.15, 0.2) is 0 Å². The van der Waals surface area contributed by atoms with E-state index >= 15 is 0 Å². The van der Waals surface area contributed by atoms with Crippen molar-refractivity contribution in [3.8, 4) is 0 Å². The average molecular weight is 519 g/mol. The maximum atomic E-state index is 13.1. The second-order valence-corrected chi connectivity index (χ2v) is 11.6. The number of thiol groups is 1. The largest absolute Gasteiger partial charge is 0.444 e. The number of nitrogens with zero attached hydrogens (tertiary/aromatic N) is 3. The van der Waals surface area contributed by atoms with Gasteiger partial charge in [0.25, 0.3) is 5.56 Å². The third kappa shape index (κ3) is 5.25. The van der Waals surface area contributed by atoms with Gasteiger partial charge >= 0.3 is 6.09 Å². The molecule has 0 unspecified atom stereocenters. The van der Waals surface area contributed by atoms with Crippen LogP contribution in [0, 0.1) is 5.41 Å². The minimum atomic E-state index is -0.564. The predicted octanol–water partition coefficient (Wildman–Crippen LogP) is 4.99. The SMILES string of the molecule is CC(C)(C)OC(=O)N[C@@H]1c2ccccc2CC12CCN(c1ncc(S)c(=O)n1Cc1ccccc1)CC2. The Morgan fingerprint density at radius 2 is 1.78 bits per heavy atom. The van der Waals surface area contributed by atoms with E-state index in [9.17, 15) is 9.59 Å². The van der Waals surface area contributed by atoms with E-state index in [2.05, 4.69) is 46.0 Å². The number of carbonyl (C=O) groups excluding carboxylic acids is 1. The zero-order valence-electron chi connectivity index (χ0n) is 21.6. The number of hydrogen-bond donors (Lipinski definition) is 2. The molecule has 1 N–H and O–H groups in total. The molecule has 3 aromatic rings. The number of benzene rings is 2. The average Bonchev–Trinajstić information content (AvgIpc) is 3.15. The Bertz CT molecular complexity index is 1340. The highest BCUT2D eigenvalue weighted by atomic mass is 32.1. The molecule has 2 heterocycles. The van der Waals surface area contributed by atoms with E-state index in [0.717, 1.165) is 37.9 Å². The van der Waals surface area contributed by atoms with Gasteiger partial charge in [0.2, 0.25) is 5.95 Å². The van der Waals surface area contributed by atoms with Crippen LogP contribution in [-0.4, -0.2) is 34.3 Å². The van der Waals surface area contributed by atoms with Crippen LogP contribution < -0.4 is 15.8 Å². The van der Waals surface area contributed by atoms with Crippen LogP contribution in [0.2, 0.25) is 0 Å². The molecular weight excluding hydrogens is 484 g/mol. The fourth-order valence-electron chi connectivity index (χ4n) is 5.70. The predicted molar refractivity (Wildman–Crippen MR) is 147 cm³/mol. The summed E-state index contributed by atoms with van der Waals surface area (Å²) < 4.78 is 7.34. The highest BCUT2D eigenvalue weighted by Crippen LogP contribution is 2.52. The van der Waals surface area contributed by atoms with Crippen LogP contribution in [0.3, 0.4) is 0 Å². The number of hydrogen-bond acceptors (Lipinski definition) is 6. The summed E-state index contributed by atoms with van der Waals surface area (Å²) in [6.45, 7) is 7.53. The van der Waals surface area contributed by atoms with E-state index in [4.69, 9.17) is 4.74 Å². The molecule has 2 aliphatic rings. The first-order chi connectivity index (χ1) is 17.7. The van der Waals surface area contributed by atoms with Crippen molar-refractivity contribution < 1.29 is 9.53 Å². The van der Waals surface area contributed by atoms with Gasteiger partial charge in [-0.2, -0.15) is 0 Å². The summed E-state index contributed by atoms with van der Waals surface area (Å²) in [4.78, 5) is 33.1. The number of rotatable bonds is 4. The summed E-state index contributed by atoms with van der Waals surface area (Å²) in [5, 5.41) is 3.21. The summed E-state index contributed by atoms with van der Waals surface area (Å²) in [6, 6.07) is 18.2. The summed E-state index contributed by atoms with van der Waals surface area (Å²) in [6.07, 6.45) is 3.76. The molecule has 1 atom stereocenters. The first kappa shape index (κ1) is 25.4. The molecule has 0 bridgehead atoms. The molecule has 1 aliphatic carbocycles. The van der Waals surface area contributed by atoms with Crippen molar-refractivity contribution in [1.82, 2.24) is 14.9 Å². The van der Waals surface area contributed by atoms with Gasteiger partial charge in [-0.25, -0.2) is 9.78 Å². The first-order valence-corrected chi connectivity index (χ1v) is 13.2. The molecule has 0 saturated carbocycles. The topological polar surface area (TPSA) is 76.5 Å². The Hall–Kier alpha value is -3.26. The second kappa shape index (κ2) is 9.89. The van der Waals surface area contributed by atoms with Gasteiger partial charge in [-0.05, 0) is 56.7 Å². The van der Waals surface area contributed by atoms with E-state index in [1.807, 2.05) is 57.2 Å². The van der Waals surface area contributed by atoms with Crippen molar-refractivity contribution in [2.24, 2.45) is 5.41 Å². The minimum absolute atomic E-state index is 0.120. The molecule has 1 fully saturated rings. The molecule has 7 nitrogen and oxygen atoms in total. The number of piperidine rings is 1. The molecule has 5 rings (SSSR count). The Balaban J connectivity index is 1.40. The Kier molecular flexibility index (Phi) is 6.79. The lowest BCUT2D eigenvalue weighted by Crippen LogP contribution is -2.48. The molecular formula is C29H34N4O3S. The highest BCUT2D eigenvalue weighted by molar-refractivity contribution is 7.80. The van der Waals surface area contributed by atoms with Crippen LogP contribution in [0.4, 0.5) is 10.7 Å². The number of alkyl carbamates (subject to hydrolysis) is 1. The zero-order valence-corrected chi connectivity index (χ0v) is 22.5. The van der Waals surface area contributed by atoms with E-state index < -0.39 is 11.7 Å². The number of aromatic nitrogens is 2. The number of anilines is 1. The summed E-state index contributed by atoms with van der Waals surface area (Å²) in [5.41, 5.74) is 2.65. The van der Waals surface area contributed by atoms with E-state index in [0.29, 0.717) is 17.4 Å². The molecule has 37 heavy (non-hydrogen) atoms. The van der Waals surface area contributed by atoms with Crippen LogP contribution in [0.15, 0.2) is 70.5 Å². The standard InChI is InChI=1S/C29H34N4O3S/c1-28(2,3)36-27(35)31-24-22-12-8-7-11-21(22)17-29(24)13-15-32(16-14-29)26-30-18-23(37)25(34)33(26)19-20-9-5-4-6-10-20/h4-12,18,24,37H,13-17,19H2,1-3H3,(H,31,35)/t24-/m1/s1. The second-order valence-electron chi connectivity index (χ2n) is 11.1. The molecule has 1 amide bonds. The summed E-state index contributed by atoms with van der Waals surface area (Å²) >= 11 is 4.35. The number of ether oxygens (including phenoxy) is 1. The molecule has 8 heteroatoms. The summed E-state index contributed by atoms with van der Waals surface area (Å²) in [5.74, 6) is 0.661. The Morgan fingerprint density at radius 1 is 1.11 bits per heavy atom. The fourth-order valence-corrected chi connectivity index (χ4v) is 5.87. The van der Waals surface area contributed by atoms with Crippen molar-refractivity contribution in [3.63, 3.8) is 0 Å². The van der Waals surface area contributed by atoms with E-state index in [1.165, 1.54) is 11.1 Å². The smallest absolute Gasteiger partial charge is 0.408 e. The molecule has 0 radical (unpaired) electrons. The zero-order chi connectivity index (χ0) is 26.2. The third-order valence-corrected chi connectivity index (χ3v) is 7.72. The van der Waals surface area contributed by atoms with Gasteiger partial charge < -0.3 is 15.0 Å². The van der Waals surface area contributed by atoms with Crippen molar-refractivity contribution in [1.29, 1.82) is 0 Å². The molecule has 194 valence electrons. The Morgan fingerprint density at radius 3 is 2.49 bits per heavy atom. The maximum absolute atomic E-state index is 13.1. The van der Waals surface area contributed by atoms with Crippen molar-refractivity contribution in [2.45, 2.75) is 63.1 Å². The lowest BCUT2D eigenvalue weighted by molar-refractivity contribution is 0.0427. The molecule has 1 saturated heterocycles. The van der Waals surface area contributed by atoms with Gasteiger partial charge in [0.1, 0.15) is 5.60 Å². The van der Waals surface area contributed by atoms with Crippen molar-refractivity contribution in [3.05, 3.63) is 87.8 Å². The quantitative estimate of drug-likeness (QED) is 0.476. The number of fused-ring (bicyclic) bond motifs is 1. The lowest BCUT2D eigenvalue weighted by atomic mass is 9.73. The third-order valence-electron chi connectivity index (χ3n) is 7.42. The Labute approximate surface area is 223 Å². The van der Waals surface area contributed by atoms with Gasteiger partial charge in [0.05, 0.1) is 17.5 Å². The highest BCUT2D eigenvalue weighted by Gasteiger charge is 2.49. The molecule has 1 spiro atoms. The molecule has 2 aromatic carbocycles. The number of amides is 1. The van der Waals surface area contributed by atoms with Crippen LogP contribution in [0.25, 0.3) is 0 Å². The first-order valence-electron chi connectivity index (χ1n) is 12.8. The lowest BCUT2D eigenvalue weighted by Gasteiger charge is -2.44. The molecule has 1 aliphatic heterocycles. The minimum Gasteiger partial charge on any atom is -0.444 e. The van der Waals surface area contributed by atoms with Gasteiger partial charge in [-0.3, -0.25) is 9.36 Å².